The van der Waals surface area contributed by atoms with E-state index in [1.54, 1.807) is 23.4 Å². The summed E-state index contributed by atoms with van der Waals surface area (Å²) >= 11 is 1.23. The monoisotopic (exact) mass is 299 g/mol. The standard InChI is InChI=1S/C12H17N3O4S/c1-15(5-2-3-10(17)18)7-9(16)14-12-8(11(13)19)4-6-20-12/h4,6H,2-3,5,7H2,1H3,(H2,13,19)(H,14,16)(H,17,18). The Labute approximate surface area is 120 Å². The van der Waals surface area contributed by atoms with E-state index in [2.05, 4.69) is 5.32 Å². The zero-order valence-electron chi connectivity index (χ0n) is 11.1. The Bertz CT molecular complexity index is 501. The molecule has 7 nitrogen and oxygen atoms in total. The molecule has 2 amide bonds. The van der Waals surface area contributed by atoms with E-state index in [1.807, 2.05) is 0 Å². The highest BCUT2D eigenvalue weighted by molar-refractivity contribution is 7.14. The smallest absolute Gasteiger partial charge is 0.303 e. The predicted octanol–water partition coefficient (Wildman–Crippen LogP) is 0.582. The van der Waals surface area contributed by atoms with Crippen LogP contribution in [0.4, 0.5) is 5.00 Å². The van der Waals surface area contributed by atoms with E-state index < -0.39 is 11.9 Å². The maximum Gasteiger partial charge on any atom is 0.303 e. The molecule has 0 unspecified atom stereocenters. The number of hydrogen-bond acceptors (Lipinski definition) is 5. The van der Waals surface area contributed by atoms with E-state index in [9.17, 15) is 14.4 Å². The second-order valence-electron chi connectivity index (χ2n) is 4.31. The summed E-state index contributed by atoms with van der Waals surface area (Å²) in [6.07, 6.45) is 0.549. The maximum absolute atomic E-state index is 11.8. The largest absolute Gasteiger partial charge is 0.481 e. The van der Waals surface area contributed by atoms with Gasteiger partial charge in [0.1, 0.15) is 5.00 Å². The zero-order chi connectivity index (χ0) is 15.1. The minimum absolute atomic E-state index is 0.0721. The number of likely N-dealkylation sites (N-methyl/N-ethyl adjacent to an activating group) is 1. The van der Waals surface area contributed by atoms with Crippen molar-refractivity contribution in [3.05, 3.63) is 17.0 Å². The van der Waals surface area contributed by atoms with Gasteiger partial charge < -0.3 is 16.2 Å². The Morgan fingerprint density at radius 2 is 2.15 bits per heavy atom. The number of hydrogen-bond donors (Lipinski definition) is 3. The molecular formula is C12H17N3O4S. The molecule has 1 rings (SSSR count). The number of nitrogens with two attached hydrogens (primary N) is 1. The highest BCUT2D eigenvalue weighted by Crippen LogP contribution is 2.22. The van der Waals surface area contributed by atoms with E-state index in [1.165, 1.54) is 11.3 Å². The van der Waals surface area contributed by atoms with E-state index in [0.717, 1.165) is 0 Å². The normalized spacial score (nSPS) is 10.5. The molecule has 4 N–H and O–H groups in total. The molecule has 0 saturated heterocycles. The second kappa shape index (κ2) is 7.61. The van der Waals surface area contributed by atoms with Crippen LogP contribution < -0.4 is 11.1 Å². The van der Waals surface area contributed by atoms with Crippen LogP contribution >= 0.6 is 11.3 Å². The van der Waals surface area contributed by atoms with Gasteiger partial charge in [-0.3, -0.25) is 19.3 Å². The number of carbonyl (C=O) groups excluding carboxylic acids is 2. The fraction of sp³-hybridized carbons (Fsp3) is 0.417. The number of nitrogens with zero attached hydrogens (tertiary/aromatic N) is 1. The van der Waals surface area contributed by atoms with Gasteiger partial charge in [-0.25, -0.2) is 0 Å². The Morgan fingerprint density at radius 1 is 1.45 bits per heavy atom. The van der Waals surface area contributed by atoms with Crippen LogP contribution in [0.3, 0.4) is 0 Å². The van der Waals surface area contributed by atoms with Crippen molar-refractivity contribution in [2.24, 2.45) is 5.73 Å². The molecular weight excluding hydrogens is 282 g/mol. The molecule has 0 aromatic carbocycles. The number of thiophene rings is 1. The number of amides is 2. The van der Waals surface area contributed by atoms with Crippen LogP contribution in [0, 0.1) is 0 Å². The number of nitrogens with one attached hydrogen (secondary N) is 1. The van der Waals surface area contributed by atoms with Crippen molar-refractivity contribution >= 4 is 34.1 Å². The number of anilines is 1. The molecule has 1 heterocycles. The topological polar surface area (TPSA) is 113 Å². The van der Waals surface area contributed by atoms with Gasteiger partial charge in [0.25, 0.3) is 5.91 Å². The SMILES string of the molecule is CN(CCCC(=O)O)CC(=O)Nc1sccc1C(N)=O. The first-order chi connectivity index (χ1) is 9.40. The third-order valence-electron chi connectivity index (χ3n) is 2.53. The highest BCUT2D eigenvalue weighted by atomic mass is 32.1. The number of carboxylic acid groups (broad SMARTS) is 1. The van der Waals surface area contributed by atoms with Crippen molar-refractivity contribution in [2.45, 2.75) is 12.8 Å². The molecule has 1 aromatic rings. The molecule has 0 atom stereocenters. The first-order valence-corrected chi connectivity index (χ1v) is 6.85. The number of aliphatic carboxylic acids is 1. The number of rotatable bonds is 8. The predicted molar refractivity (Wildman–Crippen MR) is 75.8 cm³/mol. The molecule has 8 heteroatoms. The zero-order valence-corrected chi connectivity index (χ0v) is 11.9. The van der Waals surface area contributed by atoms with Crippen molar-refractivity contribution in [1.82, 2.24) is 4.90 Å². The molecule has 0 bridgehead atoms. The third-order valence-corrected chi connectivity index (χ3v) is 3.36. The van der Waals surface area contributed by atoms with Crippen LogP contribution in [0.1, 0.15) is 23.2 Å². The molecule has 0 aliphatic heterocycles. The van der Waals surface area contributed by atoms with Crippen LogP contribution in [-0.2, 0) is 9.59 Å². The average Bonchev–Trinajstić information content (AvgIpc) is 2.76. The summed E-state index contributed by atoms with van der Waals surface area (Å²) < 4.78 is 0. The van der Waals surface area contributed by atoms with Crippen LogP contribution in [0.15, 0.2) is 11.4 Å². The summed E-state index contributed by atoms with van der Waals surface area (Å²) in [5.41, 5.74) is 5.47. The van der Waals surface area contributed by atoms with Gasteiger partial charge in [0.2, 0.25) is 5.91 Å². The van der Waals surface area contributed by atoms with Crippen molar-refractivity contribution in [3.63, 3.8) is 0 Å². The van der Waals surface area contributed by atoms with Crippen LogP contribution in [0.25, 0.3) is 0 Å². The molecule has 0 aliphatic carbocycles. The molecule has 0 radical (unpaired) electrons. The lowest BCUT2D eigenvalue weighted by molar-refractivity contribution is -0.137. The van der Waals surface area contributed by atoms with Gasteiger partial charge in [-0.1, -0.05) is 0 Å². The minimum atomic E-state index is -0.854. The first kappa shape index (κ1) is 16.1. The summed E-state index contributed by atoms with van der Waals surface area (Å²) in [5, 5.41) is 13.2. The van der Waals surface area contributed by atoms with Gasteiger partial charge in [0, 0.05) is 6.42 Å². The van der Waals surface area contributed by atoms with Crippen LogP contribution in [0.2, 0.25) is 0 Å². The van der Waals surface area contributed by atoms with Gasteiger partial charge in [0.15, 0.2) is 0 Å². The number of carboxylic acids is 1. The molecule has 0 saturated carbocycles. The number of primary amides is 1. The van der Waals surface area contributed by atoms with Gasteiger partial charge in [0.05, 0.1) is 12.1 Å². The first-order valence-electron chi connectivity index (χ1n) is 5.97. The molecule has 0 fully saturated rings. The van der Waals surface area contributed by atoms with E-state index >= 15 is 0 Å². The number of carbonyl (C=O) groups is 3. The molecule has 1 aromatic heterocycles. The van der Waals surface area contributed by atoms with Crippen LogP contribution in [-0.4, -0.2) is 47.9 Å². The Hall–Kier alpha value is -1.93. The molecule has 20 heavy (non-hydrogen) atoms. The Balaban J connectivity index is 2.41. The summed E-state index contributed by atoms with van der Waals surface area (Å²) in [6, 6.07) is 1.55. The molecule has 110 valence electrons. The van der Waals surface area contributed by atoms with Crippen molar-refractivity contribution in [1.29, 1.82) is 0 Å². The summed E-state index contributed by atoms with van der Waals surface area (Å²) in [6.45, 7) is 0.628. The fourth-order valence-electron chi connectivity index (χ4n) is 1.59. The lowest BCUT2D eigenvalue weighted by Crippen LogP contribution is -2.31. The highest BCUT2D eigenvalue weighted by Gasteiger charge is 2.13. The van der Waals surface area contributed by atoms with E-state index in [-0.39, 0.29) is 24.4 Å². The Morgan fingerprint density at radius 3 is 2.75 bits per heavy atom. The molecule has 0 aliphatic rings. The quantitative estimate of drug-likeness (QED) is 0.650. The summed E-state index contributed by atoms with van der Waals surface area (Å²) in [7, 11) is 1.73. The van der Waals surface area contributed by atoms with Crippen LogP contribution in [0.5, 0.6) is 0 Å². The summed E-state index contributed by atoms with van der Waals surface area (Å²) in [4.78, 5) is 35.0. The summed E-state index contributed by atoms with van der Waals surface area (Å²) in [5.74, 6) is -1.71. The van der Waals surface area contributed by atoms with Gasteiger partial charge in [-0.05, 0) is 31.5 Å². The van der Waals surface area contributed by atoms with E-state index in [0.29, 0.717) is 18.0 Å². The average molecular weight is 299 g/mol. The second-order valence-corrected chi connectivity index (χ2v) is 5.23. The van der Waals surface area contributed by atoms with Gasteiger partial charge in [-0.2, -0.15) is 0 Å². The van der Waals surface area contributed by atoms with Crippen molar-refractivity contribution in [2.75, 3.05) is 25.5 Å². The maximum atomic E-state index is 11.8. The van der Waals surface area contributed by atoms with Crippen molar-refractivity contribution < 1.29 is 19.5 Å². The van der Waals surface area contributed by atoms with E-state index in [4.69, 9.17) is 10.8 Å². The fourth-order valence-corrected chi connectivity index (χ4v) is 2.40. The Kier molecular flexibility index (Phi) is 6.13. The minimum Gasteiger partial charge on any atom is -0.481 e. The van der Waals surface area contributed by atoms with Gasteiger partial charge in [-0.15, -0.1) is 11.3 Å². The lowest BCUT2D eigenvalue weighted by atomic mass is 10.3. The lowest BCUT2D eigenvalue weighted by Gasteiger charge is -2.15. The van der Waals surface area contributed by atoms with Crippen molar-refractivity contribution in [3.8, 4) is 0 Å². The third kappa shape index (κ3) is 5.37. The molecule has 0 spiro atoms. The van der Waals surface area contributed by atoms with Gasteiger partial charge >= 0.3 is 5.97 Å².